The van der Waals surface area contributed by atoms with Gasteiger partial charge < -0.3 is 15.9 Å². The molecule has 0 aliphatic heterocycles. The van der Waals surface area contributed by atoms with E-state index < -0.39 is 11.9 Å². The molecule has 2 aromatic heterocycles. The van der Waals surface area contributed by atoms with Crippen LogP contribution in [0, 0.1) is 20.8 Å². The zero-order valence-electron chi connectivity index (χ0n) is 21.0. The third kappa shape index (κ3) is 4.51. The number of hydrogen-bond donors (Lipinski definition) is 3. The van der Waals surface area contributed by atoms with Crippen molar-refractivity contribution in [1.82, 2.24) is 0 Å². The molecule has 0 saturated heterocycles. The number of hydrogen-bond acceptors (Lipinski definition) is 5. The summed E-state index contributed by atoms with van der Waals surface area (Å²) in [6.45, 7) is 5.43. The van der Waals surface area contributed by atoms with Crippen molar-refractivity contribution >= 4 is 40.3 Å². The van der Waals surface area contributed by atoms with E-state index in [1.165, 1.54) is 22.7 Å². The zero-order valence-corrected chi connectivity index (χ0v) is 22.7. The van der Waals surface area contributed by atoms with Crippen LogP contribution in [-0.2, 0) is 0 Å². The summed E-state index contributed by atoms with van der Waals surface area (Å²) in [5.74, 6) is -2.17. The molecule has 3 aromatic carbocycles. The van der Waals surface area contributed by atoms with E-state index in [1.54, 1.807) is 13.8 Å². The Hall–Kier alpha value is -4.20. The monoisotopic (exact) mass is 539 g/mol. The number of carboxylic acid groups (broad SMARTS) is 2. The zero-order chi connectivity index (χ0) is 27.1. The molecular formula is C31H25NO4S2. The first-order valence-electron chi connectivity index (χ1n) is 11.9. The maximum Gasteiger partial charge on any atom is 0.336 e. The van der Waals surface area contributed by atoms with E-state index in [1.807, 2.05) is 79.7 Å². The number of anilines is 1. The fraction of sp³-hybridized carbons (Fsp3) is 0.0968. The molecule has 0 aliphatic carbocycles. The highest BCUT2D eigenvalue weighted by atomic mass is 32.1. The predicted octanol–water partition coefficient (Wildman–Crippen LogP) is 8.38. The Bertz CT molecular complexity index is 1570. The van der Waals surface area contributed by atoms with E-state index in [2.05, 4.69) is 0 Å². The summed E-state index contributed by atoms with van der Waals surface area (Å²) >= 11 is 2.89. The fourth-order valence-corrected chi connectivity index (χ4v) is 7.01. The summed E-state index contributed by atoms with van der Waals surface area (Å²) in [6.07, 6.45) is 0. The van der Waals surface area contributed by atoms with Crippen molar-refractivity contribution in [3.63, 3.8) is 0 Å². The maximum atomic E-state index is 12.7. The minimum atomic E-state index is -1.09. The van der Waals surface area contributed by atoms with Gasteiger partial charge >= 0.3 is 11.9 Å². The highest BCUT2D eigenvalue weighted by Gasteiger charge is 2.29. The van der Waals surface area contributed by atoms with Gasteiger partial charge in [0.25, 0.3) is 0 Å². The molecule has 2 heterocycles. The quantitative estimate of drug-likeness (QED) is 0.188. The molecule has 0 aliphatic rings. The van der Waals surface area contributed by atoms with Gasteiger partial charge in [-0.3, -0.25) is 0 Å². The largest absolute Gasteiger partial charge is 0.478 e. The highest BCUT2D eigenvalue weighted by molar-refractivity contribution is 7.19. The van der Waals surface area contributed by atoms with Gasteiger partial charge in [0.1, 0.15) is 0 Å². The van der Waals surface area contributed by atoms with Gasteiger partial charge in [-0.2, -0.15) is 0 Å². The number of nitrogen functional groups attached to an aromatic ring is 1. The third-order valence-electron chi connectivity index (χ3n) is 6.66. The van der Waals surface area contributed by atoms with Crippen molar-refractivity contribution in [1.29, 1.82) is 0 Å². The summed E-state index contributed by atoms with van der Waals surface area (Å²) in [4.78, 5) is 28.7. The van der Waals surface area contributed by atoms with Crippen LogP contribution in [0.5, 0.6) is 0 Å². The Morgan fingerprint density at radius 1 is 0.579 bits per heavy atom. The lowest BCUT2D eigenvalue weighted by atomic mass is 9.86. The fourth-order valence-electron chi connectivity index (χ4n) is 4.77. The van der Waals surface area contributed by atoms with Gasteiger partial charge in [0.2, 0.25) is 0 Å². The van der Waals surface area contributed by atoms with Gasteiger partial charge in [-0.1, -0.05) is 42.0 Å². The molecule has 7 heteroatoms. The summed E-state index contributed by atoms with van der Waals surface area (Å²) in [7, 11) is 0. The van der Waals surface area contributed by atoms with Gasteiger partial charge in [-0.15, -0.1) is 22.7 Å². The number of rotatable bonds is 6. The van der Waals surface area contributed by atoms with Crippen LogP contribution in [0.2, 0.25) is 0 Å². The van der Waals surface area contributed by atoms with E-state index >= 15 is 0 Å². The molecule has 0 bridgehead atoms. The SMILES string of the molecule is Cc1ccc(-c2ccc(-c3c(C)c(C(=O)O)c(-c4ccc(-c5ccc(N)cc5)s4)c(C)c3C(=O)O)s2)cc1. The second kappa shape index (κ2) is 9.93. The van der Waals surface area contributed by atoms with Gasteiger partial charge in [-0.05, 0) is 79.4 Å². The van der Waals surface area contributed by atoms with Crippen molar-refractivity contribution in [2.24, 2.45) is 0 Å². The number of nitrogens with two attached hydrogens (primary N) is 1. The number of carbonyl (C=O) groups is 2. The van der Waals surface area contributed by atoms with Crippen LogP contribution in [0.15, 0.2) is 72.8 Å². The Labute approximate surface area is 228 Å². The Kier molecular flexibility index (Phi) is 6.65. The second-order valence-corrected chi connectivity index (χ2v) is 11.3. The van der Waals surface area contributed by atoms with E-state index in [9.17, 15) is 19.8 Å². The van der Waals surface area contributed by atoms with Gasteiger partial charge in [0, 0.05) is 36.3 Å². The third-order valence-corrected chi connectivity index (χ3v) is 8.97. The number of benzene rings is 3. The molecule has 5 rings (SSSR count). The Morgan fingerprint density at radius 2 is 0.947 bits per heavy atom. The minimum Gasteiger partial charge on any atom is -0.478 e. The van der Waals surface area contributed by atoms with Crippen molar-refractivity contribution in [3.05, 3.63) is 101 Å². The molecule has 0 unspecified atom stereocenters. The molecular weight excluding hydrogens is 514 g/mol. The van der Waals surface area contributed by atoms with E-state index in [0.29, 0.717) is 32.8 Å². The molecule has 0 fully saturated rings. The predicted molar refractivity (Wildman–Crippen MR) is 156 cm³/mol. The molecule has 38 heavy (non-hydrogen) atoms. The maximum absolute atomic E-state index is 12.7. The standard InChI is InChI=1S/C31H25NO4S2/c1-16-4-6-19(7-5-16)22-12-14-24(37-22)26-17(2)29(31(35)36)27(18(3)28(26)30(33)34)25-15-13-23(38-25)20-8-10-21(32)11-9-20/h4-15H,32H2,1-3H3,(H,33,34)(H,35,36). The lowest BCUT2D eigenvalue weighted by Crippen LogP contribution is -2.12. The Balaban J connectivity index is 1.70. The molecule has 190 valence electrons. The molecule has 0 amide bonds. The number of carboxylic acids is 2. The van der Waals surface area contributed by atoms with Crippen LogP contribution in [-0.4, -0.2) is 22.2 Å². The normalized spacial score (nSPS) is 11.0. The van der Waals surface area contributed by atoms with E-state index in [0.717, 1.165) is 31.3 Å². The second-order valence-electron chi connectivity index (χ2n) is 9.18. The molecule has 0 radical (unpaired) electrons. The molecule has 5 nitrogen and oxygen atoms in total. The summed E-state index contributed by atoms with van der Waals surface area (Å²) in [6, 6.07) is 23.2. The molecule has 0 saturated carbocycles. The number of aromatic carboxylic acids is 2. The van der Waals surface area contributed by atoms with Crippen molar-refractivity contribution in [2.75, 3.05) is 5.73 Å². The van der Waals surface area contributed by atoms with Crippen molar-refractivity contribution in [3.8, 4) is 41.8 Å². The molecule has 0 atom stereocenters. The average molecular weight is 540 g/mol. The number of thiophene rings is 2. The van der Waals surface area contributed by atoms with Crippen molar-refractivity contribution < 1.29 is 19.8 Å². The van der Waals surface area contributed by atoms with Gasteiger partial charge in [0.05, 0.1) is 11.1 Å². The lowest BCUT2D eigenvalue weighted by Gasteiger charge is -2.19. The summed E-state index contributed by atoms with van der Waals surface area (Å²) in [5, 5.41) is 20.7. The van der Waals surface area contributed by atoms with Crippen LogP contribution in [0.1, 0.15) is 37.4 Å². The minimum absolute atomic E-state index is 0.124. The first kappa shape index (κ1) is 25.4. The van der Waals surface area contributed by atoms with Crippen LogP contribution >= 0.6 is 22.7 Å². The topological polar surface area (TPSA) is 101 Å². The molecule has 5 aromatic rings. The van der Waals surface area contributed by atoms with Crippen LogP contribution in [0.4, 0.5) is 5.69 Å². The summed E-state index contributed by atoms with van der Waals surface area (Å²) in [5.41, 5.74) is 11.6. The van der Waals surface area contributed by atoms with Gasteiger partial charge in [-0.25, -0.2) is 9.59 Å². The van der Waals surface area contributed by atoms with Crippen LogP contribution < -0.4 is 5.73 Å². The number of aryl methyl sites for hydroxylation is 1. The average Bonchev–Trinajstić information content (AvgIpc) is 3.55. The molecule has 0 spiro atoms. The Morgan fingerprint density at radius 3 is 1.34 bits per heavy atom. The van der Waals surface area contributed by atoms with Crippen molar-refractivity contribution in [2.45, 2.75) is 20.8 Å². The molecule has 4 N–H and O–H groups in total. The van der Waals surface area contributed by atoms with Crippen LogP contribution in [0.3, 0.4) is 0 Å². The van der Waals surface area contributed by atoms with E-state index in [-0.39, 0.29) is 11.1 Å². The summed E-state index contributed by atoms with van der Waals surface area (Å²) < 4.78 is 0. The highest BCUT2D eigenvalue weighted by Crippen LogP contribution is 2.46. The first-order valence-corrected chi connectivity index (χ1v) is 13.6. The smallest absolute Gasteiger partial charge is 0.336 e. The van der Waals surface area contributed by atoms with Gasteiger partial charge in [0.15, 0.2) is 0 Å². The van der Waals surface area contributed by atoms with Crippen LogP contribution in [0.25, 0.3) is 41.8 Å². The first-order chi connectivity index (χ1) is 18.2. The lowest BCUT2D eigenvalue weighted by molar-refractivity contribution is 0.0681. The van der Waals surface area contributed by atoms with E-state index in [4.69, 9.17) is 5.73 Å².